The molecule has 1 N–H and O–H groups in total. The Morgan fingerprint density at radius 1 is 1.21 bits per heavy atom. The summed E-state index contributed by atoms with van der Waals surface area (Å²) in [5.41, 5.74) is 1.32. The van der Waals surface area contributed by atoms with Crippen LogP contribution in [0.2, 0.25) is 0 Å². The van der Waals surface area contributed by atoms with Crippen molar-refractivity contribution in [1.82, 2.24) is 15.2 Å². The SMILES string of the molecule is COc1ccc2c(-c3cccnc3)n[nH]c(=O)c2c1. The van der Waals surface area contributed by atoms with Gasteiger partial charge in [0.15, 0.2) is 0 Å². The number of nitrogens with one attached hydrogen (secondary N) is 1. The zero-order valence-electron chi connectivity index (χ0n) is 10.3. The maximum atomic E-state index is 11.8. The first-order valence-corrected chi connectivity index (χ1v) is 5.76. The molecule has 0 fully saturated rings. The number of hydrogen-bond acceptors (Lipinski definition) is 4. The molecule has 2 heterocycles. The summed E-state index contributed by atoms with van der Waals surface area (Å²) in [5, 5.41) is 7.94. The summed E-state index contributed by atoms with van der Waals surface area (Å²) in [4.78, 5) is 15.9. The highest BCUT2D eigenvalue weighted by Gasteiger charge is 2.09. The average Bonchev–Trinajstić information content (AvgIpc) is 2.48. The van der Waals surface area contributed by atoms with Crippen LogP contribution in [-0.4, -0.2) is 22.3 Å². The molecule has 5 nitrogen and oxygen atoms in total. The van der Waals surface area contributed by atoms with Crippen molar-refractivity contribution >= 4 is 10.8 Å². The summed E-state index contributed by atoms with van der Waals surface area (Å²) < 4.78 is 5.14. The van der Waals surface area contributed by atoms with Crippen LogP contribution in [0, 0.1) is 0 Å². The van der Waals surface area contributed by atoms with Gasteiger partial charge in [-0.15, -0.1) is 0 Å². The lowest BCUT2D eigenvalue weighted by molar-refractivity contribution is 0.415. The van der Waals surface area contributed by atoms with Crippen LogP contribution in [0.25, 0.3) is 22.0 Å². The number of fused-ring (bicyclic) bond motifs is 1. The Kier molecular flexibility index (Phi) is 2.72. The first-order valence-electron chi connectivity index (χ1n) is 5.76. The van der Waals surface area contributed by atoms with E-state index in [2.05, 4.69) is 15.2 Å². The molecule has 0 radical (unpaired) electrons. The minimum atomic E-state index is -0.235. The second-order valence-electron chi connectivity index (χ2n) is 4.05. The van der Waals surface area contributed by atoms with Gasteiger partial charge in [-0.25, -0.2) is 5.10 Å². The van der Waals surface area contributed by atoms with Gasteiger partial charge >= 0.3 is 0 Å². The van der Waals surface area contributed by atoms with Crippen LogP contribution < -0.4 is 10.3 Å². The molecule has 0 atom stereocenters. The zero-order chi connectivity index (χ0) is 13.2. The molecule has 0 saturated heterocycles. The predicted molar refractivity (Wildman–Crippen MR) is 72.1 cm³/mol. The topological polar surface area (TPSA) is 67.9 Å². The number of pyridine rings is 1. The fraction of sp³-hybridized carbons (Fsp3) is 0.0714. The Morgan fingerprint density at radius 3 is 2.84 bits per heavy atom. The van der Waals surface area contributed by atoms with Gasteiger partial charge in [-0.2, -0.15) is 5.10 Å². The molecule has 1 aromatic carbocycles. The second kappa shape index (κ2) is 4.53. The van der Waals surface area contributed by atoms with Gasteiger partial charge in [-0.3, -0.25) is 9.78 Å². The van der Waals surface area contributed by atoms with Gasteiger partial charge in [0.2, 0.25) is 0 Å². The molecule has 0 aliphatic heterocycles. The molecule has 3 aromatic rings. The van der Waals surface area contributed by atoms with E-state index in [-0.39, 0.29) is 5.56 Å². The maximum absolute atomic E-state index is 11.8. The monoisotopic (exact) mass is 253 g/mol. The number of H-pyrrole nitrogens is 1. The highest BCUT2D eigenvalue weighted by molar-refractivity contribution is 5.94. The lowest BCUT2D eigenvalue weighted by Gasteiger charge is -2.06. The molecule has 3 rings (SSSR count). The third-order valence-electron chi connectivity index (χ3n) is 2.93. The van der Waals surface area contributed by atoms with Gasteiger partial charge in [0, 0.05) is 23.3 Å². The third kappa shape index (κ3) is 1.95. The van der Waals surface area contributed by atoms with Gasteiger partial charge < -0.3 is 4.74 Å². The Labute approximate surface area is 108 Å². The number of aromatic nitrogens is 3. The quantitative estimate of drug-likeness (QED) is 0.758. The van der Waals surface area contributed by atoms with Crippen molar-refractivity contribution in [3.05, 3.63) is 53.1 Å². The molecule has 0 amide bonds. The summed E-state index contributed by atoms with van der Waals surface area (Å²) in [6.45, 7) is 0. The number of ether oxygens (including phenoxy) is 1. The molecule has 0 aliphatic carbocycles. The molecule has 0 unspecified atom stereocenters. The summed E-state index contributed by atoms with van der Waals surface area (Å²) in [7, 11) is 1.57. The van der Waals surface area contributed by atoms with Crippen LogP contribution >= 0.6 is 0 Å². The van der Waals surface area contributed by atoms with Crippen LogP contribution in [-0.2, 0) is 0 Å². The fourth-order valence-corrected chi connectivity index (χ4v) is 1.99. The van der Waals surface area contributed by atoms with Crippen molar-refractivity contribution in [3.63, 3.8) is 0 Å². The van der Waals surface area contributed by atoms with Gasteiger partial charge in [-0.1, -0.05) is 0 Å². The second-order valence-corrected chi connectivity index (χ2v) is 4.05. The Bertz CT molecular complexity index is 782. The zero-order valence-corrected chi connectivity index (χ0v) is 10.3. The van der Waals surface area contributed by atoms with Crippen molar-refractivity contribution < 1.29 is 4.74 Å². The molecule has 94 valence electrons. The lowest BCUT2D eigenvalue weighted by atomic mass is 10.1. The van der Waals surface area contributed by atoms with E-state index in [4.69, 9.17) is 4.74 Å². The first kappa shape index (κ1) is 11.4. The smallest absolute Gasteiger partial charge is 0.272 e. The minimum absolute atomic E-state index is 0.235. The number of methoxy groups -OCH3 is 1. The first-order chi connectivity index (χ1) is 9.29. The molecule has 0 saturated carbocycles. The molecule has 5 heteroatoms. The Balaban J connectivity index is 2.33. The van der Waals surface area contributed by atoms with Crippen molar-refractivity contribution in [2.24, 2.45) is 0 Å². The van der Waals surface area contributed by atoms with Gasteiger partial charge in [-0.05, 0) is 30.3 Å². The number of nitrogens with zero attached hydrogens (tertiary/aromatic N) is 2. The van der Waals surface area contributed by atoms with Crippen LogP contribution in [0.15, 0.2) is 47.5 Å². The molecular formula is C14H11N3O2. The summed E-state index contributed by atoms with van der Waals surface area (Å²) in [6.07, 6.45) is 3.41. The fourth-order valence-electron chi connectivity index (χ4n) is 1.99. The third-order valence-corrected chi connectivity index (χ3v) is 2.93. The average molecular weight is 253 g/mol. The predicted octanol–water partition coefficient (Wildman–Crippen LogP) is 1.99. The highest BCUT2D eigenvalue weighted by Crippen LogP contribution is 2.25. The van der Waals surface area contributed by atoms with Crippen molar-refractivity contribution in [1.29, 1.82) is 0 Å². The van der Waals surface area contributed by atoms with Crippen LogP contribution in [0.4, 0.5) is 0 Å². The van der Waals surface area contributed by atoms with Gasteiger partial charge in [0.1, 0.15) is 11.4 Å². The van der Waals surface area contributed by atoms with Crippen LogP contribution in [0.5, 0.6) is 5.75 Å². The van der Waals surface area contributed by atoms with E-state index in [0.717, 1.165) is 10.9 Å². The highest BCUT2D eigenvalue weighted by atomic mass is 16.5. The van der Waals surface area contributed by atoms with Crippen molar-refractivity contribution in [2.75, 3.05) is 7.11 Å². The summed E-state index contributed by atoms with van der Waals surface area (Å²) in [5.74, 6) is 0.640. The number of benzene rings is 1. The normalized spacial score (nSPS) is 10.6. The largest absolute Gasteiger partial charge is 0.497 e. The van der Waals surface area contributed by atoms with E-state index >= 15 is 0 Å². The Morgan fingerprint density at radius 2 is 2.11 bits per heavy atom. The van der Waals surface area contributed by atoms with E-state index in [0.29, 0.717) is 16.8 Å². The van der Waals surface area contributed by atoms with Crippen LogP contribution in [0.1, 0.15) is 0 Å². The summed E-state index contributed by atoms with van der Waals surface area (Å²) >= 11 is 0. The van der Waals surface area contributed by atoms with E-state index < -0.39 is 0 Å². The Hall–Kier alpha value is -2.69. The van der Waals surface area contributed by atoms with Crippen LogP contribution in [0.3, 0.4) is 0 Å². The minimum Gasteiger partial charge on any atom is -0.497 e. The molecule has 0 aliphatic rings. The maximum Gasteiger partial charge on any atom is 0.272 e. The van der Waals surface area contributed by atoms with E-state index in [1.807, 2.05) is 24.3 Å². The molecule has 19 heavy (non-hydrogen) atoms. The van der Waals surface area contributed by atoms with Crippen molar-refractivity contribution in [2.45, 2.75) is 0 Å². The van der Waals surface area contributed by atoms with Crippen molar-refractivity contribution in [3.8, 4) is 17.0 Å². The molecule has 0 bridgehead atoms. The number of hydrogen-bond donors (Lipinski definition) is 1. The number of aromatic amines is 1. The standard InChI is InChI=1S/C14H11N3O2/c1-19-10-4-5-11-12(7-10)14(18)17-16-13(11)9-3-2-6-15-8-9/h2-8H,1H3,(H,17,18). The molecule has 2 aromatic heterocycles. The van der Waals surface area contributed by atoms with Gasteiger partial charge in [0.05, 0.1) is 12.5 Å². The van der Waals surface area contributed by atoms with Gasteiger partial charge in [0.25, 0.3) is 5.56 Å². The molecular weight excluding hydrogens is 242 g/mol. The lowest BCUT2D eigenvalue weighted by Crippen LogP contribution is -2.09. The van der Waals surface area contributed by atoms with E-state index in [1.165, 1.54) is 0 Å². The van der Waals surface area contributed by atoms with E-state index in [9.17, 15) is 4.79 Å². The summed E-state index contributed by atoms with van der Waals surface area (Å²) in [6, 6.07) is 9.08. The molecule has 0 spiro atoms. The number of rotatable bonds is 2. The van der Waals surface area contributed by atoms with E-state index in [1.54, 1.807) is 25.6 Å².